The fourth-order valence-corrected chi connectivity index (χ4v) is 3.96. The Morgan fingerprint density at radius 1 is 1.06 bits per heavy atom. The summed E-state index contributed by atoms with van der Waals surface area (Å²) in [7, 11) is 1.33. The first kappa shape index (κ1) is 21.4. The van der Waals surface area contributed by atoms with Crippen molar-refractivity contribution in [3.63, 3.8) is 0 Å². The van der Waals surface area contributed by atoms with Gasteiger partial charge in [0.2, 0.25) is 11.0 Å². The van der Waals surface area contributed by atoms with Crippen molar-refractivity contribution in [2.45, 2.75) is 17.8 Å². The van der Waals surface area contributed by atoms with Crippen molar-refractivity contribution in [2.24, 2.45) is 0 Å². The van der Waals surface area contributed by atoms with Gasteiger partial charge >= 0.3 is 11.5 Å². The molecule has 4 aromatic rings. The Hall–Kier alpha value is -3.85. The van der Waals surface area contributed by atoms with E-state index in [0.29, 0.717) is 22.2 Å². The van der Waals surface area contributed by atoms with Crippen LogP contribution < -0.4 is 10.9 Å². The summed E-state index contributed by atoms with van der Waals surface area (Å²) < 4.78 is 7.84. The number of nitrogens with zero attached hydrogens (tertiary/aromatic N) is 4. The molecule has 2 aromatic carbocycles. The summed E-state index contributed by atoms with van der Waals surface area (Å²) in [6.07, 6.45) is 3.55. The molecule has 162 valence electrons. The minimum absolute atomic E-state index is 0.0735. The number of aryl methyl sites for hydroxylation is 1. The van der Waals surface area contributed by atoms with Gasteiger partial charge in [0.25, 0.3) is 0 Å². The van der Waals surface area contributed by atoms with Crippen LogP contribution in [0, 0.1) is 6.92 Å². The van der Waals surface area contributed by atoms with Gasteiger partial charge in [-0.1, -0.05) is 41.6 Å². The van der Waals surface area contributed by atoms with Crippen LogP contribution in [-0.2, 0) is 10.5 Å². The maximum atomic E-state index is 13.3. The van der Waals surface area contributed by atoms with Gasteiger partial charge in [0.1, 0.15) is 0 Å². The number of methoxy groups -OCH3 is 1. The van der Waals surface area contributed by atoms with Gasteiger partial charge < -0.3 is 10.1 Å². The zero-order valence-corrected chi connectivity index (χ0v) is 18.4. The molecule has 0 atom stereocenters. The van der Waals surface area contributed by atoms with Gasteiger partial charge in [-0.2, -0.15) is 4.68 Å². The number of esters is 1. The summed E-state index contributed by atoms with van der Waals surface area (Å²) in [5.41, 5.74) is 2.98. The normalized spacial score (nSPS) is 10.7. The summed E-state index contributed by atoms with van der Waals surface area (Å²) in [6, 6.07) is 18.4. The van der Waals surface area contributed by atoms with Gasteiger partial charge in [-0.05, 0) is 48.9 Å². The molecule has 0 saturated carbocycles. The number of hydrogen-bond donors (Lipinski definition) is 1. The van der Waals surface area contributed by atoms with Crippen LogP contribution in [0.4, 0.5) is 11.5 Å². The number of benzene rings is 2. The lowest BCUT2D eigenvalue weighted by Crippen LogP contribution is -2.30. The number of aromatic nitrogens is 4. The molecule has 1 N–H and O–H groups in total. The van der Waals surface area contributed by atoms with E-state index >= 15 is 0 Å². The second kappa shape index (κ2) is 9.52. The fourth-order valence-electron chi connectivity index (χ4n) is 3.09. The van der Waals surface area contributed by atoms with Crippen LogP contribution in [-0.4, -0.2) is 32.6 Å². The zero-order chi connectivity index (χ0) is 22.5. The molecule has 8 nitrogen and oxygen atoms in total. The molecule has 0 fully saturated rings. The quantitative estimate of drug-likeness (QED) is 0.340. The largest absolute Gasteiger partial charge is 0.465 e. The topological polar surface area (TPSA) is 91.0 Å². The fraction of sp³-hybridized carbons (Fsp3) is 0.130. The van der Waals surface area contributed by atoms with E-state index in [0.717, 1.165) is 5.56 Å². The van der Waals surface area contributed by atoms with E-state index < -0.39 is 5.97 Å². The lowest BCUT2D eigenvalue weighted by molar-refractivity contribution is 0.0601. The third kappa shape index (κ3) is 4.73. The Balaban J connectivity index is 1.63. The molecule has 2 aromatic heterocycles. The number of rotatable bonds is 7. The van der Waals surface area contributed by atoms with Crippen LogP contribution in [0.25, 0.3) is 0 Å². The maximum Gasteiger partial charge on any atom is 0.337 e. The standard InChI is InChI=1S/C23H21N5O3S/c1-16-6-5-7-17(14-16)15-32-23-26-25-20(21(29)28(23)27-12-3-4-13-27)24-19-10-8-18(9-11-19)22(30)31-2/h3-14H,15H2,1-2H3,(H,24,25). The summed E-state index contributed by atoms with van der Waals surface area (Å²) >= 11 is 1.43. The Morgan fingerprint density at radius 3 is 2.50 bits per heavy atom. The molecule has 4 rings (SSSR count). The highest BCUT2D eigenvalue weighted by molar-refractivity contribution is 7.98. The van der Waals surface area contributed by atoms with Crippen LogP contribution in [0.3, 0.4) is 0 Å². The molecule has 0 aliphatic heterocycles. The third-order valence-electron chi connectivity index (χ3n) is 4.65. The lowest BCUT2D eigenvalue weighted by Gasteiger charge is -2.14. The van der Waals surface area contributed by atoms with Crippen molar-refractivity contribution in [3.8, 4) is 0 Å². The first-order valence-electron chi connectivity index (χ1n) is 9.82. The average Bonchev–Trinajstić information content (AvgIpc) is 3.33. The molecule has 32 heavy (non-hydrogen) atoms. The first-order chi connectivity index (χ1) is 15.5. The molecule has 2 heterocycles. The smallest absolute Gasteiger partial charge is 0.337 e. The summed E-state index contributed by atoms with van der Waals surface area (Å²) in [5, 5.41) is 11.9. The Kier molecular flexibility index (Phi) is 6.37. The predicted octanol–water partition coefficient (Wildman–Crippen LogP) is 3.88. The highest BCUT2D eigenvalue weighted by atomic mass is 32.2. The second-order valence-electron chi connectivity index (χ2n) is 6.98. The second-order valence-corrected chi connectivity index (χ2v) is 7.93. The van der Waals surface area contributed by atoms with E-state index in [9.17, 15) is 9.59 Å². The number of hydrogen-bond acceptors (Lipinski definition) is 7. The first-order valence-corrected chi connectivity index (χ1v) is 10.8. The van der Waals surface area contributed by atoms with E-state index in [2.05, 4.69) is 21.6 Å². The number of carbonyl (C=O) groups is 1. The van der Waals surface area contributed by atoms with Gasteiger partial charge in [0, 0.05) is 23.8 Å². The molecule has 9 heteroatoms. The van der Waals surface area contributed by atoms with Crippen LogP contribution in [0.1, 0.15) is 21.5 Å². The van der Waals surface area contributed by atoms with Crippen molar-refractivity contribution in [1.82, 2.24) is 19.5 Å². The zero-order valence-electron chi connectivity index (χ0n) is 17.6. The minimum atomic E-state index is -0.429. The van der Waals surface area contributed by atoms with E-state index in [1.165, 1.54) is 29.1 Å². The van der Waals surface area contributed by atoms with Crippen LogP contribution >= 0.6 is 11.8 Å². The van der Waals surface area contributed by atoms with Gasteiger partial charge in [-0.3, -0.25) is 9.47 Å². The van der Waals surface area contributed by atoms with Crippen molar-refractivity contribution in [1.29, 1.82) is 0 Å². The third-order valence-corrected chi connectivity index (χ3v) is 5.64. The number of anilines is 2. The van der Waals surface area contributed by atoms with Gasteiger partial charge in [-0.15, -0.1) is 10.2 Å². The number of ether oxygens (including phenoxy) is 1. The van der Waals surface area contributed by atoms with E-state index in [1.54, 1.807) is 41.3 Å². The number of carbonyl (C=O) groups excluding carboxylic acids is 1. The molecule has 0 unspecified atom stereocenters. The highest BCUT2D eigenvalue weighted by Gasteiger charge is 2.15. The maximum absolute atomic E-state index is 13.3. The molecule has 0 spiro atoms. The average molecular weight is 448 g/mol. The summed E-state index contributed by atoms with van der Waals surface area (Å²) in [6.45, 7) is 2.04. The van der Waals surface area contributed by atoms with Crippen LogP contribution in [0.5, 0.6) is 0 Å². The van der Waals surface area contributed by atoms with Crippen LogP contribution in [0.15, 0.2) is 83.0 Å². The van der Waals surface area contributed by atoms with Crippen LogP contribution in [0.2, 0.25) is 0 Å². The van der Waals surface area contributed by atoms with Crippen molar-refractivity contribution in [2.75, 3.05) is 12.4 Å². The molecule has 0 bridgehead atoms. The Morgan fingerprint density at radius 2 is 1.81 bits per heavy atom. The molecular formula is C23H21N5O3S. The van der Waals surface area contributed by atoms with E-state index in [4.69, 9.17) is 4.74 Å². The summed E-state index contributed by atoms with van der Waals surface area (Å²) in [5.74, 6) is 0.296. The highest BCUT2D eigenvalue weighted by Crippen LogP contribution is 2.21. The molecule has 0 saturated heterocycles. The molecule has 0 aliphatic rings. The SMILES string of the molecule is COC(=O)c1ccc(Nc2nnc(SCc3cccc(C)c3)n(-n3cccc3)c2=O)cc1. The molecule has 0 aliphatic carbocycles. The molecular weight excluding hydrogens is 426 g/mol. The van der Waals surface area contributed by atoms with Gasteiger partial charge in [0.05, 0.1) is 12.7 Å². The van der Waals surface area contributed by atoms with Gasteiger partial charge in [0.15, 0.2) is 0 Å². The molecule has 0 amide bonds. The monoisotopic (exact) mass is 447 g/mol. The van der Waals surface area contributed by atoms with Crippen molar-refractivity contribution in [3.05, 3.63) is 100 Å². The number of thioether (sulfide) groups is 1. The predicted molar refractivity (Wildman–Crippen MR) is 123 cm³/mol. The summed E-state index contributed by atoms with van der Waals surface area (Å²) in [4.78, 5) is 24.9. The van der Waals surface area contributed by atoms with E-state index in [-0.39, 0.29) is 11.4 Å². The lowest BCUT2D eigenvalue weighted by atomic mass is 10.2. The Bertz CT molecular complexity index is 1280. The van der Waals surface area contributed by atoms with Gasteiger partial charge in [-0.25, -0.2) is 4.79 Å². The minimum Gasteiger partial charge on any atom is -0.465 e. The van der Waals surface area contributed by atoms with E-state index in [1.807, 2.05) is 37.3 Å². The van der Waals surface area contributed by atoms with Crippen molar-refractivity contribution < 1.29 is 9.53 Å². The number of nitrogens with one attached hydrogen (secondary N) is 1. The molecule has 0 radical (unpaired) electrons. The Labute approximate surface area is 188 Å². The van der Waals surface area contributed by atoms with Crippen molar-refractivity contribution >= 4 is 29.2 Å².